The monoisotopic (exact) mass is 285 g/mol. The second-order valence-corrected chi connectivity index (χ2v) is 4.55. The minimum Gasteiger partial charge on any atom is -0.465 e. The van der Waals surface area contributed by atoms with Gasteiger partial charge in [-0.25, -0.2) is 4.79 Å². The number of esters is 1. The fourth-order valence-electron chi connectivity index (χ4n) is 1.72. The number of pyridine rings is 1. The lowest BCUT2D eigenvalue weighted by Crippen LogP contribution is -2.18. The molecule has 0 saturated heterocycles. The van der Waals surface area contributed by atoms with Gasteiger partial charge < -0.3 is 9.72 Å². The first-order valence-electron chi connectivity index (χ1n) is 5.05. The Kier molecular flexibility index (Phi) is 3.32. The van der Waals surface area contributed by atoms with Crippen molar-refractivity contribution in [3.8, 4) is 0 Å². The molecule has 1 heterocycles. The van der Waals surface area contributed by atoms with Crippen molar-refractivity contribution in [2.75, 3.05) is 7.11 Å². The second kappa shape index (κ2) is 4.63. The molecule has 0 fully saturated rings. The van der Waals surface area contributed by atoms with Crippen LogP contribution < -0.4 is 5.56 Å². The molecule has 0 amide bonds. The summed E-state index contributed by atoms with van der Waals surface area (Å²) in [7, 11) is 1.21. The molecule has 0 aliphatic carbocycles. The normalized spacial score (nSPS) is 10.7. The number of benzene rings is 1. The van der Waals surface area contributed by atoms with E-state index < -0.39 is 11.5 Å². The van der Waals surface area contributed by atoms with Gasteiger partial charge in [-0.3, -0.25) is 4.79 Å². The van der Waals surface area contributed by atoms with Gasteiger partial charge in [0.1, 0.15) is 5.56 Å². The molecule has 0 aliphatic heterocycles. The number of ether oxygens (including phenoxy) is 1. The zero-order chi connectivity index (χ0) is 13.4. The van der Waals surface area contributed by atoms with Gasteiger partial charge in [-0.1, -0.05) is 23.2 Å². The molecule has 0 radical (unpaired) electrons. The lowest BCUT2D eigenvalue weighted by atomic mass is 10.1. The summed E-state index contributed by atoms with van der Waals surface area (Å²) in [5.41, 5.74) is 0.633. The predicted molar refractivity (Wildman–Crippen MR) is 70.7 cm³/mol. The highest BCUT2D eigenvalue weighted by molar-refractivity contribution is 6.43. The van der Waals surface area contributed by atoms with Crippen molar-refractivity contribution in [1.82, 2.24) is 4.98 Å². The molecule has 18 heavy (non-hydrogen) atoms. The molecular weight excluding hydrogens is 277 g/mol. The Morgan fingerprint density at radius 1 is 1.33 bits per heavy atom. The third-order valence-corrected chi connectivity index (χ3v) is 3.56. The van der Waals surface area contributed by atoms with E-state index in [1.165, 1.54) is 13.2 Å². The van der Waals surface area contributed by atoms with Crippen molar-refractivity contribution in [3.63, 3.8) is 0 Å². The molecule has 1 aromatic heterocycles. The summed E-state index contributed by atoms with van der Waals surface area (Å²) in [4.78, 5) is 25.8. The number of aromatic nitrogens is 1. The molecule has 0 unspecified atom stereocenters. The van der Waals surface area contributed by atoms with Crippen molar-refractivity contribution < 1.29 is 9.53 Å². The number of rotatable bonds is 1. The zero-order valence-corrected chi connectivity index (χ0v) is 11.1. The summed E-state index contributed by atoms with van der Waals surface area (Å²) in [6.07, 6.45) is 0. The van der Waals surface area contributed by atoms with Crippen LogP contribution in [0.3, 0.4) is 0 Å². The molecule has 0 aliphatic rings. The number of fused-ring (bicyclic) bond motifs is 1. The average molecular weight is 286 g/mol. The molecule has 4 nitrogen and oxygen atoms in total. The van der Waals surface area contributed by atoms with Gasteiger partial charge >= 0.3 is 5.97 Å². The summed E-state index contributed by atoms with van der Waals surface area (Å²) in [6.45, 7) is 1.74. The van der Waals surface area contributed by atoms with E-state index in [1.54, 1.807) is 13.0 Å². The van der Waals surface area contributed by atoms with Crippen LogP contribution in [0.5, 0.6) is 0 Å². The van der Waals surface area contributed by atoms with Crippen LogP contribution in [0.25, 0.3) is 10.9 Å². The molecule has 0 bridgehead atoms. The number of aryl methyl sites for hydroxylation is 1. The fourth-order valence-corrected chi connectivity index (χ4v) is 2.13. The number of methoxy groups -OCH3 is 1. The Morgan fingerprint density at radius 3 is 2.61 bits per heavy atom. The summed E-state index contributed by atoms with van der Waals surface area (Å²) in [5, 5.41) is 1.37. The maximum Gasteiger partial charge on any atom is 0.343 e. The lowest BCUT2D eigenvalue weighted by molar-refractivity contribution is 0.0599. The van der Waals surface area contributed by atoms with Crippen LogP contribution in [0.15, 0.2) is 16.9 Å². The van der Waals surface area contributed by atoms with E-state index in [1.807, 2.05) is 0 Å². The second-order valence-electron chi connectivity index (χ2n) is 3.77. The van der Waals surface area contributed by atoms with E-state index in [2.05, 4.69) is 9.72 Å². The molecule has 2 rings (SSSR count). The largest absolute Gasteiger partial charge is 0.465 e. The van der Waals surface area contributed by atoms with Gasteiger partial charge in [-0.05, 0) is 24.6 Å². The Morgan fingerprint density at radius 2 is 2.00 bits per heavy atom. The van der Waals surface area contributed by atoms with Crippen LogP contribution in [-0.2, 0) is 4.74 Å². The van der Waals surface area contributed by atoms with E-state index in [0.29, 0.717) is 26.5 Å². The third-order valence-electron chi connectivity index (χ3n) is 2.67. The van der Waals surface area contributed by atoms with Crippen LogP contribution in [0, 0.1) is 6.92 Å². The summed E-state index contributed by atoms with van der Waals surface area (Å²) >= 11 is 12.0. The maximum atomic E-state index is 11.7. The number of aromatic amines is 1. The number of halogens is 2. The average Bonchev–Trinajstić information content (AvgIpc) is 2.36. The van der Waals surface area contributed by atoms with Gasteiger partial charge in [0.15, 0.2) is 0 Å². The minimum absolute atomic E-state index is 0.0669. The van der Waals surface area contributed by atoms with E-state index in [-0.39, 0.29) is 5.56 Å². The van der Waals surface area contributed by atoms with Crippen LogP contribution >= 0.6 is 23.2 Å². The summed E-state index contributed by atoms with van der Waals surface area (Å²) in [5.74, 6) is -0.693. The summed E-state index contributed by atoms with van der Waals surface area (Å²) < 4.78 is 4.53. The maximum absolute atomic E-state index is 11.7. The van der Waals surface area contributed by atoms with Crippen molar-refractivity contribution in [1.29, 1.82) is 0 Å². The Labute approximate surface area is 112 Å². The zero-order valence-electron chi connectivity index (χ0n) is 9.64. The summed E-state index contributed by atoms with van der Waals surface area (Å²) in [6, 6.07) is 3.03. The quantitative estimate of drug-likeness (QED) is 0.820. The Balaban J connectivity index is 2.85. The molecule has 1 aromatic carbocycles. The first kappa shape index (κ1) is 12.9. The van der Waals surface area contributed by atoms with Crippen LogP contribution in [0.1, 0.15) is 15.9 Å². The van der Waals surface area contributed by atoms with Crippen molar-refractivity contribution in [3.05, 3.63) is 43.7 Å². The van der Waals surface area contributed by atoms with Gasteiger partial charge in [-0.15, -0.1) is 0 Å². The highest BCUT2D eigenvalue weighted by Gasteiger charge is 2.15. The van der Waals surface area contributed by atoms with E-state index >= 15 is 0 Å². The third kappa shape index (κ3) is 1.98. The number of carbonyl (C=O) groups excluding carboxylic acids is 1. The van der Waals surface area contributed by atoms with Gasteiger partial charge in [0.25, 0.3) is 5.56 Å². The molecule has 2 aromatic rings. The Bertz CT molecular complexity index is 707. The van der Waals surface area contributed by atoms with E-state index in [0.717, 1.165) is 0 Å². The number of nitrogens with one attached hydrogen (secondary N) is 1. The molecule has 94 valence electrons. The highest BCUT2D eigenvalue weighted by atomic mass is 35.5. The van der Waals surface area contributed by atoms with Gasteiger partial charge in [0.05, 0.1) is 22.7 Å². The predicted octanol–water partition coefficient (Wildman–Crippen LogP) is 2.93. The van der Waals surface area contributed by atoms with Gasteiger partial charge in [0, 0.05) is 5.39 Å². The van der Waals surface area contributed by atoms with Gasteiger partial charge in [0.2, 0.25) is 0 Å². The molecule has 0 saturated carbocycles. The van der Waals surface area contributed by atoms with Crippen LogP contribution in [-0.4, -0.2) is 18.1 Å². The number of H-pyrrole nitrogens is 1. The van der Waals surface area contributed by atoms with E-state index in [9.17, 15) is 9.59 Å². The van der Waals surface area contributed by atoms with Crippen LogP contribution in [0.2, 0.25) is 10.0 Å². The highest BCUT2D eigenvalue weighted by Crippen LogP contribution is 2.31. The fraction of sp³-hybridized carbons (Fsp3) is 0.167. The molecular formula is C12H9Cl2NO3. The molecule has 0 atom stereocenters. The van der Waals surface area contributed by atoms with Crippen molar-refractivity contribution in [2.24, 2.45) is 0 Å². The lowest BCUT2D eigenvalue weighted by Gasteiger charge is -2.07. The molecule has 6 heteroatoms. The number of carbonyl (C=O) groups is 1. The van der Waals surface area contributed by atoms with Crippen molar-refractivity contribution >= 4 is 40.1 Å². The topological polar surface area (TPSA) is 59.2 Å². The molecule has 1 N–H and O–H groups in total. The number of hydrogen-bond acceptors (Lipinski definition) is 3. The number of hydrogen-bond donors (Lipinski definition) is 1. The standard InChI is InChI=1S/C12H9Cl2NO3/c1-5-9(14)8(13)4-6-3-7(12(17)18-2)11(16)15-10(5)6/h3-4H,1-2H3,(H,15,16). The van der Waals surface area contributed by atoms with Gasteiger partial charge in [-0.2, -0.15) is 0 Å². The van der Waals surface area contributed by atoms with Crippen LogP contribution in [0.4, 0.5) is 0 Å². The smallest absolute Gasteiger partial charge is 0.343 e. The molecule has 0 spiro atoms. The van der Waals surface area contributed by atoms with Crippen molar-refractivity contribution in [2.45, 2.75) is 6.92 Å². The SMILES string of the molecule is COC(=O)c1cc2cc(Cl)c(Cl)c(C)c2[nH]c1=O. The van der Waals surface area contributed by atoms with E-state index in [4.69, 9.17) is 23.2 Å². The Hall–Kier alpha value is -1.52. The first-order chi connectivity index (χ1) is 8.45. The minimum atomic E-state index is -0.693. The first-order valence-corrected chi connectivity index (χ1v) is 5.81.